The van der Waals surface area contributed by atoms with Crippen LogP contribution in [0.1, 0.15) is 0 Å². The third-order valence-corrected chi connectivity index (χ3v) is 2.23. The number of para-hydroxylation sites is 1. The maximum atomic E-state index is 11.9. The van der Waals surface area contributed by atoms with Crippen LogP contribution in [0.15, 0.2) is 30.3 Å². The first-order valence-electron chi connectivity index (χ1n) is 5.75. The Balaban J connectivity index is 2.61. The summed E-state index contributed by atoms with van der Waals surface area (Å²) in [6, 6.07) is 7.75. The first-order chi connectivity index (χ1) is 9.50. The number of nitrogens with one attached hydrogen (secondary N) is 1. The van der Waals surface area contributed by atoms with Gasteiger partial charge in [-0.1, -0.05) is 18.2 Å². The third kappa shape index (κ3) is 5.25. The molecule has 0 fully saturated rings. The summed E-state index contributed by atoms with van der Waals surface area (Å²) in [5.74, 6) is -1.14. The van der Waals surface area contributed by atoms with Gasteiger partial charge in [-0.15, -0.1) is 0 Å². The van der Waals surface area contributed by atoms with Crippen molar-refractivity contribution in [2.75, 3.05) is 24.6 Å². The molecule has 0 saturated carbocycles. The predicted octanol–water partition coefficient (Wildman–Crippen LogP) is 0.383. The Bertz CT molecular complexity index is 477. The molecule has 1 aromatic carbocycles. The van der Waals surface area contributed by atoms with E-state index in [1.807, 2.05) is 0 Å². The fraction of sp³-hybridized carbons (Fsp3) is 0.250. The van der Waals surface area contributed by atoms with Crippen molar-refractivity contribution >= 4 is 23.8 Å². The summed E-state index contributed by atoms with van der Waals surface area (Å²) >= 11 is 0. The number of aliphatic carboxylic acids is 1. The second kappa shape index (κ2) is 7.62. The molecule has 0 aliphatic carbocycles. The quantitative estimate of drug-likeness (QED) is 0.651. The molecule has 0 radical (unpaired) electrons. The summed E-state index contributed by atoms with van der Waals surface area (Å²) in [6.07, 6.45) is -0.940. The highest BCUT2D eigenvalue weighted by molar-refractivity contribution is 5.96. The van der Waals surface area contributed by atoms with Gasteiger partial charge in [-0.3, -0.25) is 9.69 Å². The minimum Gasteiger partial charge on any atom is -0.480 e. The maximum Gasteiger partial charge on any atom is 0.404 e. The van der Waals surface area contributed by atoms with E-state index in [1.165, 1.54) is 0 Å². The van der Waals surface area contributed by atoms with E-state index in [9.17, 15) is 14.4 Å². The van der Waals surface area contributed by atoms with Crippen molar-refractivity contribution in [1.82, 2.24) is 5.32 Å². The zero-order valence-electron chi connectivity index (χ0n) is 10.6. The van der Waals surface area contributed by atoms with Gasteiger partial charge < -0.3 is 20.9 Å². The first-order valence-corrected chi connectivity index (χ1v) is 5.75. The molecule has 1 aromatic rings. The molecule has 0 heterocycles. The molecule has 0 unspecified atom stereocenters. The molecule has 8 heteroatoms. The lowest BCUT2D eigenvalue weighted by atomic mass is 10.3. The molecule has 0 aliphatic heterocycles. The molecule has 0 aliphatic rings. The van der Waals surface area contributed by atoms with Crippen LogP contribution in [-0.2, 0) is 9.53 Å². The number of carbonyl (C=O) groups excluding carboxylic acids is 2. The van der Waals surface area contributed by atoms with Crippen LogP contribution in [0.3, 0.4) is 0 Å². The molecule has 0 bridgehead atoms. The predicted molar refractivity (Wildman–Crippen MR) is 70.4 cm³/mol. The fourth-order valence-electron chi connectivity index (χ4n) is 1.43. The van der Waals surface area contributed by atoms with Crippen LogP contribution in [-0.4, -0.2) is 42.9 Å². The Kier molecular flexibility index (Phi) is 5.82. The normalized spacial score (nSPS) is 9.60. The van der Waals surface area contributed by atoms with Crippen molar-refractivity contribution in [3.05, 3.63) is 30.3 Å². The van der Waals surface area contributed by atoms with Gasteiger partial charge in [0.2, 0.25) is 0 Å². The van der Waals surface area contributed by atoms with E-state index in [0.717, 1.165) is 4.90 Å². The van der Waals surface area contributed by atoms with Gasteiger partial charge in [0.25, 0.3) is 0 Å². The number of benzene rings is 1. The lowest BCUT2D eigenvalue weighted by molar-refractivity contribution is -0.135. The smallest absolute Gasteiger partial charge is 0.404 e. The molecule has 108 valence electrons. The van der Waals surface area contributed by atoms with Crippen molar-refractivity contribution in [1.29, 1.82) is 0 Å². The lowest BCUT2D eigenvalue weighted by Gasteiger charge is -2.21. The van der Waals surface area contributed by atoms with Crippen LogP contribution in [0.2, 0.25) is 0 Å². The average molecular weight is 281 g/mol. The van der Waals surface area contributed by atoms with E-state index in [1.54, 1.807) is 30.3 Å². The largest absolute Gasteiger partial charge is 0.480 e. The summed E-state index contributed by atoms with van der Waals surface area (Å²) in [5, 5.41) is 11.3. The third-order valence-electron chi connectivity index (χ3n) is 2.23. The average Bonchev–Trinajstić information content (AvgIpc) is 2.41. The fourth-order valence-corrected chi connectivity index (χ4v) is 1.43. The number of ether oxygens (including phenoxy) is 1. The Morgan fingerprint density at radius 1 is 1.25 bits per heavy atom. The molecule has 1 rings (SSSR count). The van der Waals surface area contributed by atoms with Gasteiger partial charge in [0, 0.05) is 5.69 Å². The monoisotopic (exact) mass is 281 g/mol. The number of urea groups is 1. The van der Waals surface area contributed by atoms with E-state index < -0.39 is 24.6 Å². The van der Waals surface area contributed by atoms with Crippen LogP contribution >= 0.6 is 0 Å². The van der Waals surface area contributed by atoms with E-state index in [4.69, 9.17) is 10.8 Å². The topological polar surface area (TPSA) is 122 Å². The Hall–Kier alpha value is -2.77. The highest BCUT2D eigenvalue weighted by Crippen LogP contribution is 2.12. The van der Waals surface area contributed by atoms with Crippen LogP contribution in [0, 0.1) is 0 Å². The van der Waals surface area contributed by atoms with Crippen molar-refractivity contribution in [3.63, 3.8) is 0 Å². The summed E-state index contributed by atoms with van der Waals surface area (Å²) in [7, 11) is 0. The molecule has 4 N–H and O–H groups in total. The number of anilines is 1. The van der Waals surface area contributed by atoms with Gasteiger partial charge in [0.1, 0.15) is 13.2 Å². The minimum atomic E-state index is -1.14. The molecule has 0 saturated heterocycles. The maximum absolute atomic E-state index is 11.9. The number of carboxylic acid groups (broad SMARTS) is 1. The number of nitrogens with zero attached hydrogens (tertiary/aromatic N) is 1. The Labute approximate surface area is 115 Å². The number of hydrogen-bond donors (Lipinski definition) is 3. The van der Waals surface area contributed by atoms with Gasteiger partial charge in [-0.2, -0.15) is 0 Å². The van der Waals surface area contributed by atoms with Crippen LogP contribution in [0.4, 0.5) is 15.3 Å². The van der Waals surface area contributed by atoms with Gasteiger partial charge in [0.15, 0.2) is 0 Å². The summed E-state index contributed by atoms with van der Waals surface area (Å²) < 4.78 is 4.45. The molecule has 8 nitrogen and oxygen atoms in total. The molecule has 0 atom stereocenters. The zero-order valence-corrected chi connectivity index (χ0v) is 10.6. The summed E-state index contributed by atoms with van der Waals surface area (Å²) in [4.78, 5) is 34.1. The number of rotatable bonds is 6. The van der Waals surface area contributed by atoms with Crippen molar-refractivity contribution < 1.29 is 24.2 Å². The summed E-state index contributed by atoms with van der Waals surface area (Å²) in [6.45, 7) is -0.534. The van der Waals surface area contributed by atoms with E-state index in [2.05, 4.69) is 10.1 Å². The number of carbonyl (C=O) groups is 3. The van der Waals surface area contributed by atoms with E-state index in [-0.39, 0.29) is 13.2 Å². The molecule has 0 aromatic heterocycles. The molecule has 0 spiro atoms. The zero-order chi connectivity index (χ0) is 15.0. The SMILES string of the molecule is NC(=O)OCCNC(=O)N(CC(=O)O)c1ccccc1. The highest BCUT2D eigenvalue weighted by Gasteiger charge is 2.18. The van der Waals surface area contributed by atoms with Crippen molar-refractivity contribution in [2.24, 2.45) is 5.73 Å². The first kappa shape index (κ1) is 15.3. The summed E-state index contributed by atoms with van der Waals surface area (Å²) in [5.41, 5.74) is 5.21. The molecular formula is C12H15N3O5. The Morgan fingerprint density at radius 2 is 1.90 bits per heavy atom. The van der Waals surface area contributed by atoms with E-state index in [0.29, 0.717) is 5.69 Å². The van der Waals surface area contributed by atoms with Gasteiger partial charge in [0.05, 0.1) is 6.54 Å². The lowest BCUT2D eigenvalue weighted by Crippen LogP contribution is -2.44. The molecule has 20 heavy (non-hydrogen) atoms. The number of primary amides is 1. The van der Waals surface area contributed by atoms with Crippen LogP contribution in [0.25, 0.3) is 0 Å². The van der Waals surface area contributed by atoms with Gasteiger partial charge >= 0.3 is 18.1 Å². The van der Waals surface area contributed by atoms with Crippen LogP contribution in [0.5, 0.6) is 0 Å². The highest BCUT2D eigenvalue weighted by atomic mass is 16.5. The number of amides is 3. The second-order valence-corrected chi connectivity index (χ2v) is 3.71. The Morgan fingerprint density at radius 3 is 2.45 bits per heavy atom. The number of nitrogens with two attached hydrogens (primary N) is 1. The van der Waals surface area contributed by atoms with Crippen molar-refractivity contribution in [3.8, 4) is 0 Å². The molecule has 3 amide bonds. The standard InChI is InChI=1S/C12H15N3O5/c13-11(18)20-7-6-14-12(19)15(8-10(16)17)9-4-2-1-3-5-9/h1-5H,6-8H2,(H2,13,18)(H,14,19)(H,16,17). The van der Waals surface area contributed by atoms with Gasteiger partial charge in [-0.05, 0) is 12.1 Å². The minimum absolute atomic E-state index is 0.0325. The van der Waals surface area contributed by atoms with Gasteiger partial charge in [-0.25, -0.2) is 9.59 Å². The molecular weight excluding hydrogens is 266 g/mol. The number of carboxylic acids is 1. The van der Waals surface area contributed by atoms with Crippen molar-refractivity contribution in [2.45, 2.75) is 0 Å². The number of hydrogen-bond acceptors (Lipinski definition) is 4. The van der Waals surface area contributed by atoms with Crippen LogP contribution < -0.4 is 16.0 Å². The van der Waals surface area contributed by atoms with E-state index >= 15 is 0 Å². The second-order valence-electron chi connectivity index (χ2n) is 3.71.